The van der Waals surface area contributed by atoms with Gasteiger partial charge in [0.25, 0.3) is 0 Å². The maximum absolute atomic E-state index is 6.19. The van der Waals surface area contributed by atoms with Crippen molar-refractivity contribution in [3.8, 4) is 0 Å². The molecule has 1 atom stereocenters. The summed E-state index contributed by atoms with van der Waals surface area (Å²) >= 11 is 0. The molecule has 3 rings (SSSR count). The molecule has 0 aliphatic carbocycles. The fraction of sp³-hybridized carbons (Fsp3) is 0.333. The van der Waals surface area contributed by atoms with E-state index in [1.54, 1.807) is 0 Å². The van der Waals surface area contributed by atoms with Crippen LogP contribution in [0.3, 0.4) is 0 Å². The Hall–Kier alpha value is -2.06. The molecule has 0 spiro atoms. The third-order valence-electron chi connectivity index (χ3n) is 4.83. The Kier molecular flexibility index (Phi) is 4.53. The average Bonchev–Trinajstić information content (AvgIpc) is 2.91. The molecule has 0 saturated carbocycles. The van der Waals surface area contributed by atoms with E-state index in [9.17, 15) is 0 Å². The molecule has 2 heteroatoms. The largest absolute Gasteiger partial charge is 0.347 e. The molecule has 0 fully saturated rings. The standard InChI is InChI=1S/C21H26N2/c1-4-11-23-14-20(18-7-5-6-8-21(18)23)19(13-22)17-10-9-15(2)16(3)12-17/h5-10,12,14,19H,4,11,13,22H2,1-3H3. The van der Waals surface area contributed by atoms with Crippen LogP contribution >= 0.6 is 0 Å². The second-order valence-corrected chi connectivity index (χ2v) is 6.43. The summed E-state index contributed by atoms with van der Waals surface area (Å²) in [5.41, 5.74) is 12.8. The van der Waals surface area contributed by atoms with Crippen LogP contribution in [0.25, 0.3) is 10.9 Å². The van der Waals surface area contributed by atoms with Gasteiger partial charge in [-0.1, -0.05) is 43.3 Å². The van der Waals surface area contributed by atoms with E-state index in [2.05, 4.69) is 74.0 Å². The molecular weight excluding hydrogens is 280 g/mol. The third kappa shape index (κ3) is 2.91. The maximum atomic E-state index is 6.19. The third-order valence-corrected chi connectivity index (χ3v) is 4.83. The zero-order valence-corrected chi connectivity index (χ0v) is 14.3. The summed E-state index contributed by atoms with van der Waals surface area (Å²) in [5.74, 6) is 0.248. The molecule has 120 valence electrons. The van der Waals surface area contributed by atoms with Crippen molar-refractivity contribution in [1.29, 1.82) is 0 Å². The quantitative estimate of drug-likeness (QED) is 0.724. The van der Waals surface area contributed by atoms with Crippen LogP contribution in [0.1, 0.15) is 41.5 Å². The zero-order chi connectivity index (χ0) is 16.4. The van der Waals surface area contributed by atoms with Crippen LogP contribution in [-0.2, 0) is 6.54 Å². The molecule has 0 amide bonds. The van der Waals surface area contributed by atoms with E-state index in [1.807, 2.05) is 0 Å². The molecule has 0 bridgehead atoms. The smallest absolute Gasteiger partial charge is 0.0483 e. The van der Waals surface area contributed by atoms with E-state index in [0.29, 0.717) is 6.54 Å². The van der Waals surface area contributed by atoms with Crippen LogP contribution in [0.2, 0.25) is 0 Å². The van der Waals surface area contributed by atoms with Gasteiger partial charge in [0.05, 0.1) is 0 Å². The molecule has 2 aromatic carbocycles. The van der Waals surface area contributed by atoms with Crippen LogP contribution in [0.5, 0.6) is 0 Å². The van der Waals surface area contributed by atoms with Gasteiger partial charge < -0.3 is 10.3 Å². The van der Waals surface area contributed by atoms with Crippen molar-refractivity contribution in [3.63, 3.8) is 0 Å². The fourth-order valence-electron chi connectivity index (χ4n) is 3.40. The minimum absolute atomic E-state index is 0.248. The second kappa shape index (κ2) is 6.59. The van der Waals surface area contributed by atoms with Gasteiger partial charge >= 0.3 is 0 Å². The minimum atomic E-state index is 0.248. The van der Waals surface area contributed by atoms with Gasteiger partial charge in [-0.15, -0.1) is 0 Å². The SMILES string of the molecule is CCCn1cc(C(CN)c2ccc(C)c(C)c2)c2ccccc21. The summed E-state index contributed by atoms with van der Waals surface area (Å²) in [6, 6.07) is 15.4. The molecule has 0 saturated heterocycles. The highest BCUT2D eigenvalue weighted by Gasteiger charge is 2.18. The Morgan fingerprint density at radius 2 is 1.83 bits per heavy atom. The van der Waals surface area contributed by atoms with Gasteiger partial charge in [0.1, 0.15) is 0 Å². The van der Waals surface area contributed by atoms with E-state index < -0.39 is 0 Å². The predicted octanol–water partition coefficient (Wildman–Crippen LogP) is 4.76. The first-order valence-electron chi connectivity index (χ1n) is 8.50. The summed E-state index contributed by atoms with van der Waals surface area (Å²) in [4.78, 5) is 0. The summed E-state index contributed by atoms with van der Waals surface area (Å²) in [5, 5.41) is 1.33. The number of rotatable bonds is 5. The molecule has 23 heavy (non-hydrogen) atoms. The topological polar surface area (TPSA) is 30.9 Å². The number of aryl methyl sites for hydroxylation is 3. The van der Waals surface area contributed by atoms with Crippen molar-refractivity contribution < 1.29 is 0 Å². The first-order valence-corrected chi connectivity index (χ1v) is 8.50. The van der Waals surface area contributed by atoms with E-state index in [4.69, 9.17) is 5.73 Å². The average molecular weight is 306 g/mol. The number of benzene rings is 2. The van der Waals surface area contributed by atoms with Gasteiger partial charge in [-0.25, -0.2) is 0 Å². The van der Waals surface area contributed by atoms with Crippen molar-refractivity contribution >= 4 is 10.9 Å². The van der Waals surface area contributed by atoms with Crippen molar-refractivity contribution in [3.05, 3.63) is 70.9 Å². The highest BCUT2D eigenvalue weighted by Crippen LogP contribution is 2.32. The predicted molar refractivity (Wildman–Crippen MR) is 99.0 cm³/mol. The Morgan fingerprint density at radius 3 is 2.52 bits per heavy atom. The van der Waals surface area contributed by atoms with Crippen LogP contribution in [0.15, 0.2) is 48.7 Å². The van der Waals surface area contributed by atoms with Gasteiger partial charge in [-0.3, -0.25) is 0 Å². The summed E-state index contributed by atoms with van der Waals surface area (Å²) in [7, 11) is 0. The molecular formula is C21H26N2. The van der Waals surface area contributed by atoms with Crippen molar-refractivity contribution in [2.45, 2.75) is 39.7 Å². The molecule has 0 radical (unpaired) electrons. The number of aromatic nitrogens is 1. The lowest BCUT2D eigenvalue weighted by molar-refractivity contribution is 0.696. The molecule has 2 N–H and O–H groups in total. The normalized spacial score (nSPS) is 12.7. The molecule has 0 aliphatic heterocycles. The number of nitrogens with two attached hydrogens (primary N) is 1. The lowest BCUT2D eigenvalue weighted by atomic mass is 9.89. The number of fused-ring (bicyclic) bond motifs is 1. The first kappa shape index (κ1) is 15.8. The monoisotopic (exact) mass is 306 g/mol. The second-order valence-electron chi connectivity index (χ2n) is 6.43. The molecule has 1 heterocycles. The maximum Gasteiger partial charge on any atom is 0.0483 e. The molecule has 1 unspecified atom stereocenters. The molecule has 3 aromatic rings. The summed E-state index contributed by atoms with van der Waals surface area (Å²) < 4.78 is 2.37. The lowest BCUT2D eigenvalue weighted by Crippen LogP contribution is -2.14. The molecule has 0 aliphatic rings. The number of hydrogen-bond donors (Lipinski definition) is 1. The van der Waals surface area contributed by atoms with E-state index in [0.717, 1.165) is 13.0 Å². The Morgan fingerprint density at radius 1 is 1.04 bits per heavy atom. The molecule has 1 aromatic heterocycles. The lowest BCUT2D eigenvalue weighted by Gasteiger charge is -2.16. The van der Waals surface area contributed by atoms with Gasteiger partial charge in [-0.2, -0.15) is 0 Å². The van der Waals surface area contributed by atoms with Crippen molar-refractivity contribution in [2.24, 2.45) is 5.73 Å². The van der Waals surface area contributed by atoms with Gasteiger partial charge in [-0.05, 0) is 48.6 Å². The number of nitrogens with zero attached hydrogens (tertiary/aromatic N) is 1. The fourth-order valence-corrected chi connectivity index (χ4v) is 3.40. The van der Waals surface area contributed by atoms with E-state index >= 15 is 0 Å². The van der Waals surface area contributed by atoms with Crippen molar-refractivity contribution in [1.82, 2.24) is 4.57 Å². The highest BCUT2D eigenvalue weighted by atomic mass is 15.0. The number of para-hydroxylation sites is 1. The van der Waals surface area contributed by atoms with Crippen LogP contribution in [-0.4, -0.2) is 11.1 Å². The Balaban J connectivity index is 2.14. The first-order chi connectivity index (χ1) is 11.2. The van der Waals surface area contributed by atoms with Crippen molar-refractivity contribution in [2.75, 3.05) is 6.54 Å². The Bertz CT molecular complexity index is 814. The van der Waals surface area contributed by atoms with Gasteiger partial charge in [0.2, 0.25) is 0 Å². The van der Waals surface area contributed by atoms with Crippen LogP contribution < -0.4 is 5.73 Å². The highest BCUT2D eigenvalue weighted by molar-refractivity contribution is 5.85. The number of hydrogen-bond acceptors (Lipinski definition) is 1. The summed E-state index contributed by atoms with van der Waals surface area (Å²) in [6.45, 7) is 8.22. The Labute approximate surface area is 138 Å². The van der Waals surface area contributed by atoms with E-state index in [1.165, 1.54) is 33.2 Å². The minimum Gasteiger partial charge on any atom is -0.347 e. The zero-order valence-electron chi connectivity index (χ0n) is 14.3. The van der Waals surface area contributed by atoms with Gasteiger partial charge in [0, 0.05) is 36.1 Å². The van der Waals surface area contributed by atoms with E-state index in [-0.39, 0.29) is 5.92 Å². The van der Waals surface area contributed by atoms with Crippen LogP contribution in [0.4, 0.5) is 0 Å². The summed E-state index contributed by atoms with van der Waals surface area (Å²) in [6.07, 6.45) is 3.44. The molecule has 2 nitrogen and oxygen atoms in total. The van der Waals surface area contributed by atoms with Crippen LogP contribution in [0, 0.1) is 13.8 Å². The van der Waals surface area contributed by atoms with Gasteiger partial charge in [0.15, 0.2) is 0 Å².